The van der Waals surface area contributed by atoms with Crippen molar-refractivity contribution in [3.05, 3.63) is 47.9 Å². The fourth-order valence-electron chi connectivity index (χ4n) is 1.58. The van der Waals surface area contributed by atoms with E-state index in [1.54, 1.807) is 12.5 Å². The maximum Gasteiger partial charge on any atom is 0.130 e. The van der Waals surface area contributed by atoms with Gasteiger partial charge in [0.2, 0.25) is 0 Å². The molecule has 1 heterocycles. The van der Waals surface area contributed by atoms with Crippen molar-refractivity contribution >= 4 is 0 Å². The summed E-state index contributed by atoms with van der Waals surface area (Å²) in [5.74, 6) is 0.857. The van der Waals surface area contributed by atoms with Crippen molar-refractivity contribution in [3.63, 3.8) is 0 Å². The molecule has 1 N–H and O–H groups in total. The third-order valence-electron chi connectivity index (χ3n) is 2.57. The number of aromatic nitrogens is 1. The van der Waals surface area contributed by atoms with E-state index in [0.29, 0.717) is 6.61 Å². The lowest BCUT2D eigenvalue weighted by Crippen LogP contribution is -2.13. The highest BCUT2D eigenvalue weighted by atomic mass is 16.5. The van der Waals surface area contributed by atoms with Gasteiger partial charge in [0.05, 0.1) is 6.20 Å². The number of nitrogens with one attached hydrogen (secondary N) is 1. The molecular formula is C14H18N2O2. The SMILES string of the molecule is CCCNCc1ccc(OCc2cnoc2)cc1. The maximum absolute atomic E-state index is 5.61. The molecule has 1 aromatic carbocycles. The molecule has 0 radical (unpaired) electrons. The van der Waals surface area contributed by atoms with Crippen LogP contribution in [0.15, 0.2) is 41.2 Å². The second-order valence-corrected chi connectivity index (χ2v) is 4.14. The van der Waals surface area contributed by atoms with E-state index in [4.69, 9.17) is 9.26 Å². The molecular weight excluding hydrogens is 228 g/mol. The van der Waals surface area contributed by atoms with Gasteiger partial charge in [-0.2, -0.15) is 0 Å². The van der Waals surface area contributed by atoms with Crippen LogP contribution in [0.5, 0.6) is 5.75 Å². The lowest BCUT2D eigenvalue weighted by Gasteiger charge is -2.06. The van der Waals surface area contributed by atoms with E-state index in [1.807, 2.05) is 12.1 Å². The normalized spacial score (nSPS) is 10.5. The van der Waals surface area contributed by atoms with E-state index in [9.17, 15) is 0 Å². The van der Waals surface area contributed by atoms with Crippen LogP contribution in [-0.4, -0.2) is 11.7 Å². The van der Waals surface area contributed by atoms with Crippen LogP contribution < -0.4 is 10.1 Å². The molecule has 96 valence electrons. The monoisotopic (exact) mass is 246 g/mol. The van der Waals surface area contributed by atoms with Crippen LogP contribution in [-0.2, 0) is 13.2 Å². The van der Waals surface area contributed by atoms with Crippen LogP contribution in [0.3, 0.4) is 0 Å². The zero-order valence-corrected chi connectivity index (χ0v) is 10.6. The van der Waals surface area contributed by atoms with Crippen LogP contribution in [0.2, 0.25) is 0 Å². The van der Waals surface area contributed by atoms with Gasteiger partial charge >= 0.3 is 0 Å². The van der Waals surface area contributed by atoms with Crippen LogP contribution in [0.4, 0.5) is 0 Å². The number of hydrogen-bond donors (Lipinski definition) is 1. The average Bonchev–Trinajstić information content (AvgIpc) is 2.91. The van der Waals surface area contributed by atoms with E-state index in [0.717, 1.165) is 30.8 Å². The highest BCUT2D eigenvalue weighted by molar-refractivity contribution is 5.27. The molecule has 0 saturated carbocycles. The van der Waals surface area contributed by atoms with Gasteiger partial charge in [0.15, 0.2) is 0 Å². The third-order valence-corrected chi connectivity index (χ3v) is 2.57. The van der Waals surface area contributed by atoms with Crippen molar-refractivity contribution < 1.29 is 9.26 Å². The molecule has 2 rings (SSSR count). The topological polar surface area (TPSA) is 47.3 Å². The molecule has 0 fully saturated rings. The molecule has 0 aliphatic heterocycles. The quantitative estimate of drug-likeness (QED) is 0.763. The zero-order valence-electron chi connectivity index (χ0n) is 10.6. The Kier molecular flexibility index (Phi) is 4.78. The number of hydrogen-bond acceptors (Lipinski definition) is 4. The second kappa shape index (κ2) is 6.81. The molecule has 0 amide bonds. The minimum atomic E-state index is 0.483. The highest BCUT2D eigenvalue weighted by Gasteiger charge is 1.98. The Morgan fingerprint density at radius 2 is 2.06 bits per heavy atom. The van der Waals surface area contributed by atoms with E-state index >= 15 is 0 Å². The van der Waals surface area contributed by atoms with Crippen LogP contribution >= 0.6 is 0 Å². The maximum atomic E-state index is 5.61. The summed E-state index contributed by atoms with van der Waals surface area (Å²) in [7, 11) is 0. The fourth-order valence-corrected chi connectivity index (χ4v) is 1.58. The largest absolute Gasteiger partial charge is 0.489 e. The summed E-state index contributed by atoms with van der Waals surface area (Å²) >= 11 is 0. The first-order valence-electron chi connectivity index (χ1n) is 6.19. The molecule has 0 saturated heterocycles. The summed E-state index contributed by atoms with van der Waals surface area (Å²) in [5, 5.41) is 6.99. The molecule has 4 nitrogen and oxygen atoms in total. The molecule has 1 aromatic heterocycles. The van der Waals surface area contributed by atoms with Crippen LogP contribution in [0.25, 0.3) is 0 Å². The van der Waals surface area contributed by atoms with Crippen LogP contribution in [0, 0.1) is 0 Å². The van der Waals surface area contributed by atoms with Gasteiger partial charge in [-0.25, -0.2) is 0 Å². The van der Waals surface area contributed by atoms with Crippen molar-refractivity contribution in [2.24, 2.45) is 0 Å². The van der Waals surface area contributed by atoms with Crippen molar-refractivity contribution in [1.82, 2.24) is 10.5 Å². The van der Waals surface area contributed by atoms with Gasteiger partial charge in [-0.1, -0.05) is 24.2 Å². The lowest BCUT2D eigenvalue weighted by atomic mass is 10.2. The van der Waals surface area contributed by atoms with Gasteiger partial charge in [-0.3, -0.25) is 0 Å². The summed E-state index contributed by atoms with van der Waals surface area (Å²) < 4.78 is 10.3. The van der Waals surface area contributed by atoms with Crippen molar-refractivity contribution in [2.75, 3.05) is 6.54 Å². The summed E-state index contributed by atoms with van der Waals surface area (Å²) in [5.41, 5.74) is 2.20. The Bertz CT molecular complexity index is 437. The average molecular weight is 246 g/mol. The fraction of sp³-hybridized carbons (Fsp3) is 0.357. The lowest BCUT2D eigenvalue weighted by molar-refractivity contribution is 0.304. The number of rotatable bonds is 7. The standard InChI is InChI=1S/C14H18N2O2/c1-2-7-15-8-12-3-5-14(6-4-12)17-10-13-9-16-18-11-13/h3-6,9,11,15H,2,7-8,10H2,1H3. The predicted octanol–water partition coefficient (Wildman–Crippen LogP) is 2.75. The summed E-state index contributed by atoms with van der Waals surface area (Å²) in [6.45, 7) is 4.59. The Morgan fingerprint density at radius 3 is 2.72 bits per heavy atom. The molecule has 4 heteroatoms. The van der Waals surface area contributed by atoms with Gasteiger partial charge in [0, 0.05) is 12.1 Å². The third kappa shape index (κ3) is 3.89. The number of nitrogens with zero attached hydrogens (tertiary/aromatic N) is 1. The number of ether oxygens (including phenoxy) is 1. The van der Waals surface area contributed by atoms with Crippen molar-refractivity contribution in [2.45, 2.75) is 26.5 Å². The second-order valence-electron chi connectivity index (χ2n) is 4.14. The number of benzene rings is 1. The molecule has 0 spiro atoms. The molecule has 0 atom stereocenters. The van der Waals surface area contributed by atoms with E-state index in [-0.39, 0.29) is 0 Å². The first kappa shape index (κ1) is 12.6. The molecule has 0 bridgehead atoms. The predicted molar refractivity (Wildman–Crippen MR) is 69.3 cm³/mol. The van der Waals surface area contributed by atoms with E-state index in [1.165, 1.54) is 5.56 Å². The minimum absolute atomic E-state index is 0.483. The van der Waals surface area contributed by atoms with Gasteiger partial charge < -0.3 is 14.6 Å². The van der Waals surface area contributed by atoms with Gasteiger partial charge in [-0.05, 0) is 30.7 Å². The van der Waals surface area contributed by atoms with Gasteiger partial charge in [-0.15, -0.1) is 0 Å². The summed E-state index contributed by atoms with van der Waals surface area (Å²) in [4.78, 5) is 0. The molecule has 0 unspecified atom stereocenters. The summed E-state index contributed by atoms with van der Waals surface area (Å²) in [6.07, 6.45) is 4.39. The molecule has 0 aliphatic rings. The van der Waals surface area contributed by atoms with Crippen molar-refractivity contribution in [1.29, 1.82) is 0 Å². The van der Waals surface area contributed by atoms with Gasteiger partial charge in [0.1, 0.15) is 18.6 Å². The highest BCUT2D eigenvalue weighted by Crippen LogP contribution is 2.14. The first-order chi connectivity index (χ1) is 8.88. The summed E-state index contributed by atoms with van der Waals surface area (Å²) in [6, 6.07) is 8.12. The first-order valence-corrected chi connectivity index (χ1v) is 6.19. The minimum Gasteiger partial charge on any atom is -0.489 e. The molecule has 2 aromatic rings. The zero-order chi connectivity index (χ0) is 12.6. The Labute approximate surface area is 107 Å². The molecule has 0 aliphatic carbocycles. The smallest absolute Gasteiger partial charge is 0.130 e. The van der Waals surface area contributed by atoms with Crippen LogP contribution in [0.1, 0.15) is 24.5 Å². The van der Waals surface area contributed by atoms with E-state index in [2.05, 4.69) is 29.5 Å². The van der Waals surface area contributed by atoms with Gasteiger partial charge in [0.25, 0.3) is 0 Å². The Morgan fingerprint density at radius 1 is 1.22 bits per heavy atom. The Hall–Kier alpha value is -1.81. The van der Waals surface area contributed by atoms with E-state index < -0.39 is 0 Å². The van der Waals surface area contributed by atoms with Crippen molar-refractivity contribution in [3.8, 4) is 5.75 Å². The Balaban J connectivity index is 1.80. The molecule has 18 heavy (non-hydrogen) atoms.